The number of fused-ring (bicyclic) bond motifs is 5. The Balaban J connectivity index is 1.24. The maximum atomic E-state index is 14.2. The Bertz CT molecular complexity index is 1340. The number of rotatable bonds is 3. The predicted molar refractivity (Wildman–Crippen MR) is 132 cm³/mol. The van der Waals surface area contributed by atoms with Gasteiger partial charge in [-0.15, -0.1) is 0 Å². The average molecular weight is 465 g/mol. The van der Waals surface area contributed by atoms with Crippen molar-refractivity contribution >= 4 is 11.7 Å². The average Bonchev–Trinajstić information content (AvgIpc) is 3.20. The molecule has 0 radical (unpaired) electrons. The molecule has 5 heteroatoms. The van der Waals surface area contributed by atoms with E-state index in [1.165, 1.54) is 28.3 Å². The van der Waals surface area contributed by atoms with Crippen LogP contribution in [0.2, 0.25) is 0 Å². The summed E-state index contributed by atoms with van der Waals surface area (Å²) in [5.41, 5.74) is 6.45. The second kappa shape index (κ2) is 8.70. The van der Waals surface area contributed by atoms with E-state index in [9.17, 15) is 14.4 Å². The van der Waals surface area contributed by atoms with Crippen molar-refractivity contribution in [3.63, 3.8) is 0 Å². The van der Waals surface area contributed by atoms with Crippen molar-refractivity contribution in [1.82, 2.24) is 4.90 Å². The lowest BCUT2D eigenvalue weighted by Gasteiger charge is -2.44. The van der Waals surface area contributed by atoms with Crippen LogP contribution < -0.4 is 0 Å². The van der Waals surface area contributed by atoms with Crippen molar-refractivity contribution in [2.24, 2.45) is 0 Å². The standard InChI is InChI=1S/C30H25FN2O2/c31-29-14-6-13-22(27(29)17-32)19-15-20-7-5-8-21(16-19)33(20)30(34)35-18-28-25-11-3-1-9-23(25)24-10-2-4-12-26(24)28/h1-4,6,9-15,20-21,28H,5,7-8,16,18H2. The summed E-state index contributed by atoms with van der Waals surface area (Å²) in [5, 5.41) is 9.48. The Morgan fingerprint density at radius 3 is 2.34 bits per heavy atom. The molecule has 2 atom stereocenters. The summed E-state index contributed by atoms with van der Waals surface area (Å²) >= 11 is 0. The SMILES string of the molecule is N#Cc1c(F)cccc1C1=CC2CCCC(C1)N2C(=O)OCC1c2ccccc2-c2ccccc21. The molecule has 3 aromatic carbocycles. The fourth-order valence-corrected chi connectivity index (χ4v) is 6.09. The zero-order valence-corrected chi connectivity index (χ0v) is 19.3. The van der Waals surface area contributed by atoms with Crippen LogP contribution in [0.3, 0.4) is 0 Å². The maximum absolute atomic E-state index is 14.2. The molecule has 1 amide bonds. The molecule has 0 N–H and O–H groups in total. The normalized spacial score (nSPS) is 20.5. The molecular formula is C30H25FN2O2. The monoisotopic (exact) mass is 464 g/mol. The third kappa shape index (κ3) is 3.61. The second-order valence-corrected chi connectivity index (χ2v) is 9.53. The van der Waals surface area contributed by atoms with Crippen molar-refractivity contribution in [1.29, 1.82) is 5.26 Å². The molecule has 174 valence electrons. The van der Waals surface area contributed by atoms with Crippen LogP contribution in [0, 0.1) is 17.1 Å². The summed E-state index contributed by atoms with van der Waals surface area (Å²) < 4.78 is 20.2. The van der Waals surface area contributed by atoms with E-state index in [1.807, 2.05) is 41.3 Å². The highest BCUT2D eigenvalue weighted by atomic mass is 19.1. The van der Waals surface area contributed by atoms with Gasteiger partial charge >= 0.3 is 6.09 Å². The minimum absolute atomic E-state index is 0.0146. The number of halogens is 1. The molecular weight excluding hydrogens is 439 g/mol. The van der Waals surface area contributed by atoms with Crippen LogP contribution >= 0.6 is 0 Å². The Hall–Kier alpha value is -3.91. The number of amides is 1. The molecule has 2 aliphatic heterocycles. The first kappa shape index (κ1) is 21.6. The van der Waals surface area contributed by atoms with E-state index in [-0.39, 0.29) is 29.7 Å². The number of benzene rings is 3. The van der Waals surface area contributed by atoms with Gasteiger partial charge in [0, 0.05) is 12.0 Å². The summed E-state index contributed by atoms with van der Waals surface area (Å²) in [6.07, 6.45) is 5.07. The van der Waals surface area contributed by atoms with Crippen molar-refractivity contribution in [2.75, 3.05) is 6.61 Å². The largest absolute Gasteiger partial charge is 0.448 e. The van der Waals surface area contributed by atoms with Crippen LogP contribution in [-0.4, -0.2) is 29.7 Å². The number of carbonyl (C=O) groups excluding carboxylic acids is 1. The Morgan fingerprint density at radius 2 is 1.66 bits per heavy atom. The van der Waals surface area contributed by atoms with Crippen molar-refractivity contribution in [3.8, 4) is 17.2 Å². The van der Waals surface area contributed by atoms with Crippen molar-refractivity contribution in [3.05, 3.63) is 101 Å². The molecule has 2 bridgehead atoms. The molecule has 0 aromatic heterocycles. The van der Waals surface area contributed by atoms with Gasteiger partial charge in [0.15, 0.2) is 0 Å². The minimum atomic E-state index is -0.505. The highest BCUT2D eigenvalue weighted by Gasteiger charge is 2.39. The van der Waals surface area contributed by atoms with Gasteiger partial charge in [-0.05, 0) is 65.1 Å². The minimum Gasteiger partial charge on any atom is -0.448 e. The number of carbonyl (C=O) groups is 1. The zero-order valence-electron chi connectivity index (χ0n) is 19.3. The van der Waals surface area contributed by atoms with Gasteiger partial charge in [-0.25, -0.2) is 9.18 Å². The molecule has 3 aliphatic rings. The number of nitriles is 1. The first-order chi connectivity index (χ1) is 17.2. The molecule has 2 unspecified atom stereocenters. The number of hydrogen-bond donors (Lipinski definition) is 0. The van der Waals surface area contributed by atoms with E-state index in [0.29, 0.717) is 18.6 Å². The first-order valence-electron chi connectivity index (χ1n) is 12.2. The topological polar surface area (TPSA) is 53.3 Å². The maximum Gasteiger partial charge on any atom is 0.410 e. The molecule has 0 saturated carbocycles. The Kier molecular flexibility index (Phi) is 5.37. The lowest BCUT2D eigenvalue weighted by molar-refractivity contribution is 0.0539. The smallest absolute Gasteiger partial charge is 0.410 e. The van der Waals surface area contributed by atoms with E-state index in [2.05, 4.69) is 24.3 Å². The van der Waals surface area contributed by atoms with Gasteiger partial charge in [-0.2, -0.15) is 5.26 Å². The van der Waals surface area contributed by atoms with Crippen LogP contribution in [0.5, 0.6) is 0 Å². The summed E-state index contributed by atoms with van der Waals surface area (Å²) in [5.74, 6) is -0.484. The van der Waals surface area contributed by atoms with Crippen LogP contribution in [-0.2, 0) is 4.74 Å². The van der Waals surface area contributed by atoms with Crippen LogP contribution in [0.1, 0.15) is 53.9 Å². The molecule has 0 spiro atoms. The zero-order chi connectivity index (χ0) is 23.9. The van der Waals surface area contributed by atoms with Crippen LogP contribution in [0.4, 0.5) is 9.18 Å². The van der Waals surface area contributed by atoms with Crippen molar-refractivity contribution < 1.29 is 13.9 Å². The third-order valence-corrected chi connectivity index (χ3v) is 7.66. The van der Waals surface area contributed by atoms with E-state index >= 15 is 0 Å². The lowest BCUT2D eigenvalue weighted by atomic mass is 9.82. The molecule has 6 rings (SSSR count). The highest BCUT2D eigenvalue weighted by molar-refractivity contribution is 5.80. The predicted octanol–water partition coefficient (Wildman–Crippen LogP) is 6.66. The van der Waals surface area contributed by atoms with Crippen LogP contribution in [0.25, 0.3) is 16.7 Å². The molecule has 3 aromatic rings. The number of ether oxygens (including phenoxy) is 1. The van der Waals surface area contributed by atoms with E-state index in [4.69, 9.17) is 4.74 Å². The fraction of sp³-hybridized carbons (Fsp3) is 0.267. The first-order valence-corrected chi connectivity index (χ1v) is 12.2. The number of nitrogens with zero attached hydrogens (tertiary/aromatic N) is 2. The van der Waals surface area contributed by atoms with Gasteiger partial charge < -0.3 is 4.74 Å². The molecule has 1 fully saturated rings. The van der Waals surface area contributed by atoms with E-state index in [1.54, 1.807) is 12.1 Å². The van der Waals surface area contributed by atoms with E-state index < -0.39 is 5.82 Å². The highest BCUT2D eigenvalue weighted by Crippen LogP contribution is 2.45. The van der Waals surface area contributed by atoms with Gasteiger partial charge in [0.25, 0.3) is 0 Å². The van der Waals surface area contributed by atoms with Gasteiger partial charge in [-0.3, -0.25) is 4.90 Å². The Morgan fingerprint density at radius 1 is 0.971 bits per heavy atom. The van der Waals surface area contributed by atoms with Gasteiger partial charge in [0.05, 0.1) is 11.6 Å². The molecule has 35 heavy (non-hydrogen) atoms. The van der Waals surface area contributed by atoms with E-state index in [0.717, 1.165) is 24.8 Å². The fourth-order valence-electron chi connectivity index (χ4n) is 6.09. The summed E-state index contributed by atoms with van der Waals surface area (Å²) in [6.45, 7) is 0.294. The Labute approximate surface area is 204 Å². The lowest BCUT2D eigenvalue weighted by Crippen LogP contribution is -2.52. The van der Waals surface area contributed by atoms with Gasteiger partial charge in [-0.1, -0.05) is 66.7 Å². The summed E-state index contributed by atoms with van der Waals surface area (Å²) in [4.78, 5) is 15.2. The molecule has 1 aliphatic carbocycles. The molecule has 2 heterocycles. The van der Waals surface area contributed by atoms with Gasteiger partial charge in [0.2, 0.25) is 0 Å². The van der Waals surface area contributed by atoms with Crippen LogP contribution in [0.15, 0.2) is 72.8 Å². The number of hydrogen-bond acceptors (Lipinski definition) is 3. The number of piperidine rings is 1. The summed E-state index contributed by atoms with van der Waals surface area (Å²) in [7, 11) is 0. The van der Waals surface area contributed by atoms with Crippen molar-refractivity contribution in [2.45, 2.75) is 43.7 Å². The quantitative estimate of drug-likeness (QED) is 0.436. The van der Waals surface area contributed by atoms with Gasteiger partial charge in [0.1, 0.15) is 18.5 Å². The molecule has 4 nitrogen and oxygen atoms in total. The summed E-state index contributed by atoms with van der Waals surface area (Å²) in [6, 6.07) is 23.3. The molecule has 1 saturated heterocycles. The second-order valence-electron chi connectivity index (χ2n) is 9.53. The third-order valence-electron chi connectivity index (χ3n) is 7.66.